The maximum Gasteiger partial charge on any atom is 0.305 e. The molecular formula is C15H19BrClNO3. The summed E-state index contributed by atoms with van der Waals surface area (Å²) in [5.74, 6) is -0.806. The quantitative estimate of drug-likeness (QED) is 0.825. The van der Waals surface area contributed by atoms with E-state index in [0.717, 1.165) is 42.0 Å². The van der Waals surface area contributed by atoms with Gasteiger partial charge >= 0.3 is 5.97 Å². The summed E-state index contributed by atoms with van der Waals surface area (Å²) in [5.41, 5.74) is 1.23. The van der Waals surface area contributed by atoms with Gasteiger partial charge in [-0.05, 0) is 30.5 Å². The van der Waals surface area contributed by atoms with Gasteiger partial charge in [-0.1, -0.05) is 33.6 Å². The SMILES string of the molecule is O=C(O)CCOC1CCN(Cc2ccc(Cl)cc2Br)CC1. The van der Waals surface area contributed by atoms with E-state index in [-0.39, 0.29) is 12.5 Å². The van der Waals surface area contributed by atoms with Crippen molar-refractivity contribution in [2.45, 2.75) is 31.9 Å². The summed E-state index contributed by atoms with van der Waals surface area (Å²) < 4.78 is 6.63. The Bertz CT molecular complexity index is 490. The van der Waals surface area contributed by atoms with Crippen LogP contribution in [0.25, 0.3) is 0 Å². The highest BCUT2D eigenvalue weighted by Gasteiger charge is 2.20. The normalized spacial score (nSPS) is 17.0. The van der Waals surface area contributed by atoms with Gasteiger partial charge in [-0.15, -0.1) is 0 Å². The van der Waals surface area contributed by atoms with E-state index in [2.05, 4.69) is 20.8 Å². The molecule has 0 aliphatic carbocycles. The average Bonchev–Trinajstić information content (AvgIpc) is 2.43. The summed E-state index contributed by atoms with van der Waals surface area (Å²) in [4.78, 5) is 12.8. The number of halogens is 2. The molecule has 1 aromatic carbocycles. The van der Waals surface area contributed by atoms with Crippen LogP contribution < -0.4 is 0 Å². The zero-order valence-corrected chi connectivity index (χ0v) is 14.1. The largest absolute Gasteiger partial charge is 0.481 e. The molecule has 1 heterocycles. The Morgan fingerprint density at radius 3 is 2.76 bits per heavy atom. The Balaban J connectivity index is 1.75. The number of benzene rings is 1. The Labute approximate surface area is 138 Å². The highest BCUT2D eigenvalue weighted by Crippen LogP contribution is 2.24. The summed E-state index contributed by atoms with van der Waals surface area (Å²) in [6, 6.07) is 5.87. The standard InChI is InChI=1S/C15H19BrClNO3/c16-14-9-12(17)2-1-11(14)10-18-6-3-13(4-7-18)21-8-5-15(19)20/h1-2,9,13H,3-8,10H2,(H,19,20). The number of carbonyl (C=O) groups is 1. The third-order valence-corrected chi connectivity index (χ3v) is 4.59. The van der Waals surface area contributed by atoms with Crippen LogP contribution in [0.1, 0.15) is 24.8 Å². The maximum atomic E-state index is 10.5. The molecule has 1 N–H and O–H groups in total. The van der Waals surface area contributed by atoms with Crippen molar-refractivity contribution in [3.05, 3.63) is 33.3 Å². The fourth-order valence-electron chi connectivity index (χ4n) is 2.44. The lowest BCUT2D eigenvalue weighted by molar-refractivity contribution is -0.138. The first-order valence-corrected chi connectivity index (χ1v) is 8.21. The van der Waals surface area contributed by atoms with Gasteiger partial charge in [-0.25, -0.2) is 0 Å². The topological polar surface area (TPSA) is 49.8 Å². The second-order valence-electron chi connectivity index (χ2n) is 5.23. The van der Waals surface area contributed by atoms with Crippen molar-refractivity contribution in [2.24, 2.45) is 0 Å². The van der Waals surface area contributed by atoms with Crippen LogP contribution in [-0.2, 0) is 16.1 Å². The van der Waals surface area contributed by atoms with Gasteiger partial charge in [0.05, 0.1) is 19.1 Å². The predicted molar refractivity (Wildman–Crippen MR) is 85.7 cm³/mol. The molecule has 0 bridgehead atoms. The monoisotopic (exact) mass is 375 g/mol. The predicted octanol–water partition coefficient (Wildman–Crippen LogP) is 3.56. The molecule has 0 amide bonds. The Morgan fingerprint density at radius 1 is 1.43 bits per heavy atom. The first-order valence-electron chi connectivity index (χ1n) is 7.04. The van der Waals surface area contributed by atoms with Gasteiger partial charge in [0.15, 0.2) is 0 Å². The van der Waals surface area contributed by atoms with E-state index < -0.39 is 5.97 Å². The number of nitrogens with zero attached hydrogens (tertiary/aromatic N) is 1. The first kappa shape index (κ1) is 16.7. The minimum absolute atomic E-state index is 0.0813. The number of carboxylic acids is 1. The molecule has 0 atom stereocenters. The van der Waals surface area contributed by atoms with Crippen molar-refractivity contribution in [1.82, 2.24) is 4.90 Å². The number of hydrogen-bond donors (Lipinski definition) is 1. The number of rotatable bonds is 6. The van der Waals surface area contributed by atoms with Crippen LogP contribution in [-0.4, -0.2) is 41.8 Å². The van der Waals surface area contributed by atoms with Crippen molar-refractivity contribution >= 4 is 33.5 Å². The van der Waals surface area contributed by atoms with Crippen LogP contribution in [0.15, 0.2) is 22.7 Å². The Morgan fingerprint density at radius 2 is 2.14 bits per heavy atom. The van der Waals surface area contributed by atoms with Crippen molar-refractivity contribution < 1.29 is 14.6 Å². The number of carboxylic acid groups (broad SMARTS) is 1. The highest BCUT2D eigenvalue weighted by atomic mass is 79.9. The molecule has 1 fully saturated rings. The van der Waals surface area contributed by atoms with Crippen molar-refractivity contribution in [3.63, 3.8) is 0 Å². The van der Waals surface area contributed by atoms with Crippen LogP contribution in [0.3, 0.4) is 0 Å². The second-order valence-corrected chi connectivity index (χ2v) is 6.52. The van der Waals surface area contributed by atoms with Crippen LogP contribution in [0.5, 0.6) is 0 Å². The number of piperidine rings is 1. The van der Waals surface area contributed by atoms with Gasteiger partial charge in [-0.2, -0.15) is 0 Å². The molecule has 1 saturated heterocycles. The molecule has 1 aliphatic rings. The molecule has 0 radical (unpaired) electrons. The van der Waals surface area contributed by atoms with Crippen LogP contribution in [0.4, 0.5) is 0 Å². The van der Waals surface area contributed by atoms with Crippen molar-refractivity contribution in [2.75, 3.05) is 19.7 Å². The minimum Gasteiger partial charge on any atom is -0.481 e. The van der Waals surface area contributed by atoms with Gasteiger partial charge < -0.3 is 9.84 Å². The molecule has 0 saturated carbocycles. The van der Waals surface area contributed by atoms with Gasteiger partial charge in [-0.3, -0.25) is 9.69 Å². The summed E-state index contributed by atoms with van der Waals surface area (Å²) in [6.45, 7) is 3.13. The molecule has 0 spiro atoms. The lowest BCUT2D eigenvalue weighted by Crippen LogP contribution is -2.36. The fourth-order valence-corrected chi connectivity index (χ4v) is 3.25. The highest BCUT2D eigenvalue weighted by molar-refractivity contribution is 9.10. The van der Waals surface area contributed by atoms with E-state index in [9.17, 15) is 4.79 Å². The van der Waals surface area contributed by atoms with E-state index in [0.29, 0.717) is 6.61 Å². The Hall–Kier alpha value is -0.620. The number of aliphatic carboxylic acids is 1. The second kappa shape index (κ2) is 8.13. The van der Waals surface area contributed by atoms with Crippen LogP contribution >= 0.6 is 27.5 Å². The minimum atomic E-state index is -0.806. The smallest absolute Gasteiger partial charge is 0.305 e. The third kappa shape index (κ3) is 5.58. The Kier molecular flexibility index (Phi) is 6.48. The van der Waals surface area contributed by atoms with E-state index in [1.807, 2.05) is 18.2 Å². The first-order chi connectivity index (χ1) is 10.0. The van der Waals surface area contributed by atoms with E-state index in [4.69, 9.17) is 21.4 Å². The molecule has 1 aliphatic heterocycles. The average molecular weight is 377 g/mol. The molecular weight excluding hydrogens is 358 g/mol. The van der Waals surface area contributed by atoms with Crippen LogP contribution in [0, 0.1) is 0 Å². The molecule has 116 valence electrons. The molecule has 2 rings (SSSR count). The summed E-state index contributed by atoms with van der Waals surface area (Å²) in [6.07, 6.45) is 2.17. The molecule has 1 aromatic rings. The van der Waals surface area contributed by atoms with Crippen LogP contribution in [0.2, 0.25) is 5.02 Å². The summed E-state index contributed by atoms with van der Waals surface area (Å²) in [5, 5.41) is 9.33. The van der Waals surface area contributed by atoms with E-state index in [1.54, 1.807) is 0 Å². The van der Waals surface area contributed by atoms with Gasteiger partial charge in [0.2, 0.25) is 0 Å². The number of ether oxygens (including phenoxy) is 1. The zero-order chi connectivity index (χ0) is 15.2. The van der Waals surface area contributed by atoms with E-state index >= 15 is 0 Å². The van der Waals surface area contributed by atoms with Crippen molar-refractivity contribution in [1.29, 1.82) is 0 Å². The molecule has 0 aromatic heterocycles. The summed E-state index contributed by atoms with van der Waals surface area (Å²) in [7, 11) is 0. The van der Waals surface area contributed by atoms with Crippen molar-refractivity contribution in [3.8, 4) is 0 Å². The number of hydrogen-bond acceptors (Lipinski definition) is 3. The molecule has 0 unspecified atom stereocenters. The van der Waals surface area contributed by atoms with Gasteiger partial charge in [0.1, 0.15) is 0 Å². The molecule has 6 heteroatoms. The third-order valence-electron chi connectivity index (χ3n) is 3.61. The fraction of sp³-hybridized carbons (Fsp3) is 0.533. The summed E-state index contributed by atoms with van der Waals surface area (Å²) >= 11 is 9.49. The zero-order valence-electron chi connectivity index (χ0n) is 11.7. The lowest BCUT2D eigenvalue weighted by atomic mass is 10.1. The molecule has 4 nitrogen and oxygen atoms in total. The van der Waals surface area contributed by atoms with Gasteiger partial charge in [0.25, 0.3) is 0 Å². The molecule has 21 heavy (non-hydrogen) atoms. The van der Waals surface area contributed by atoms with Gasteiger partial charge in [0, 0.05) is 29.1 Å². The number of likely N-dealkylation sites (tertiary alicyclic amines) is 1. The lowest BCUT2D eigenvalue weighted by Gasteiger charge is -2.32. The maximum absolute atomic E-state index is 10.5. The van der Waals surface area contributed by atoms with E-state index in [1.165, 1.54) is 5.56 Å².